The smallest absolute Gasteiger partial charge is 0.338 e. The highest BCUT2D eigenvalue weighted by atomic mass is 79.9. The summed E-state index contributed by atoms with van der Waals surface area (Å²) in [5.74, 6) is -0.423. The van der Waals surface area contributed by atoms with E-state index in [-0.39, 0.29) is 18.0 Å². The van der Waals surface area contributed by atoms with E-state index in [0.717, 1.165) is 0 Å². The molecule has 5 heteroatoms. The van der Waals surface area contributed by atoms with Crippen molar-refractivity contribution in [1.29, 1.82) is 0 Å². The SMILES string of the molecule is CC(C)OC(=O)c1ccc(NC(=O)CCBr)cc1. The first-order valence-corrected chi connectivity index (χ1v) is 6.82. The number of nitrogens with one attached hydrogen (secondary N) is 1. The van der Waals surface area contributed by atoms with Gasteiger partial charge in [-0.1, -0.05) is 15.9 Å². The molecule has 1 N–H and O–H groups in total. The lowest BCUT2D eigenvalue weighted by atomic mass is 10.2. The maximum atomic E-state index is 11.6. The van der Waals surface area contributed by atoms with E-state index in [4.69, 9.17) is 4.74 Å². The third-order valence-corrected chi connectivity index (χ3v) is 2.47. The van der Waals surface area contributed by atoms with Gasteiger partial charge in [0, 0.05) is 17.4 Å². The van der Waals surface area contributed by atoms with Crippen LogP contribution in [0.25, 0.3) is 0 Å². The predicted octanol–water partition coefficient (Wildman–Crippen LogP) is 2.98. The molecule has 98 valence electrons. The van der Waals surface area contributed by atoms with Crippen LogP contribution in [0.1, 0.15) is 30.6 Å². The molecule has 0 aliphatic heterocycles. The first kappa shape index (κ1) is 14.7. The van der Waals surface area contributed by atoms with Crippen LogP contribution < -0.4 is 5.32 Å². The molecule has 0 saturated carbocycles. The van der Waals surface area contributed by atoms with Crippen molar-refractivity contribution in [3.05, 3.63) is 29.8 Å². The summed E-state index contributed by atoms with van der Waals surface area (Å²) >= 11 is 3.19. The molecule has 0 aromatic heterocycles. The molecule has 0 spiro atoms. The van der Waals surface area contributed by atoms with Crippen LogP contribution in [0, 0.1) is 0 Å². The number of carbonyl (C=O) groups excluding carboxylic acids is 2. The van der Waals surface area contributed by atoms with Gasteiger partial charge in [0.2, 0.25) is 5.91 Å². The molecular formula is C13H16BrNO3. The largest absolute Gasteiger partial charge is 0.459 e. The fraction of sp³-hybridized carbons (Fsp3) is 0.385. The van der Waals surface area contributed by atoms with Gasteiger partial charge < -0.3 is 10.1 Å². The van der Waals surface area contributed by atoms with Crippen LogP contribution in [-0.4, -0.2) is 23.3 Å². The number of hydrogen-bond acceptors (Lipinski definition) is 3. The second kappa shape index (κ2) is 7.16. The van der Waals surface area contributed by atoms with E-state index in [1.807, 2.05) is 0 Å². The standard InChI is InChI=1S/C13H16BrNO3/c1-9(2)18-13(17)10-3-5-11(6-4-10)15-12(16)7-8-14/h3-6,9H,7-8H2,1-2H3,(H,15,16). The Morgan fingerprint density at radius 2 is 1.89 bits per heavy atom. The minimum Gasteiger partial charge on any atom is -0.459 e. The molecule has 0 unspecified atom stereocenters. The summed E-state index contributed by atoms with van der Waals surface area (Å²) in [6.07, 6.45) is 0.271. The van der Waals surface area contributed by atoms with Crippen molar-refractivity contribution in [3.63, 3.8) is 0 Å². The summed E-state index contributed by atoms with van der Waals surface area (Å²) in [6.45, 7) is 3.60. The molecule has 18 heavy (non-hydrogen) atoms. The lowest BCUT2D eigenvalue weighted by Crippen LogP contribution is -2.13. The van der Waals surface area contributed by atoms with Crippen LogP contribution in [0.5, 0.6) is 0 Å². The Labute approximate surface area is 115 Å². The van der Waals surface area contributed by atoms with Gasteiger partial charge >= 0.3 is 5.97 Å². The molecule has 1 rings (SSSR count). The summed E-state index contributed by atoms with van der Waals surface area (Å²) in [6, 6.07) is 6.63. The number of halogens is 1. The molecular weight excluding hydrogens is 298 g/mol. The lowest BCUT2D eigenvalue weighted by molar-refractivity contribution is -0.115. The predicted molar refractivity (Wildman–Crippen MR) is 74.0 cm³/mol. The molecule has 0 bridgehead atoms. The van der Waals surface area contributed by atoms with Crippen LogP contribution >= 0.6 is 15.9 Å². The van der Waals surface area contributed by atoms with E-state index in [2.05, 4.69) is 21.2 Å². The summed E-state index contributed by atoms with van der Waals surface area (Å²) in [5.41, 5.74) is 1.14. The Hall–Kier alpha value is -1.36. The third kappa shape index (κ3) is 4.87. The molecule has 0 aliphatic carbocycles. The Morgan fingerprint density at radius 3 is 2.39 bits per heavy atom. The van der Waals surface area contributed by atoms with Crippen molar-refractivity contribution in [2.24, 2.45) is 0 Å². The van der Waals surface area contributed by atoms with Gasteiger partial charge in [0.05, 0.1) is 11.7 Å². The molecule has 1 aromatic carbocycles. The van der Waals surface area contributed by atoms with Crippen molar-refractivity contribution in [3.8, 4) is 0 Å². The number of ether oxygens (including phenoxy) is 1. The van der Waals surface area contributed by atoms with Gasteiger partial charge in [0.15, 0.2) is 0 Å². The highest BCUT2D eigenvalue weighted by molar-refractivity contribution is 9.09. The van der Waals surface area contributed by atoms with Gasteiger partial charge in [-0.2, -0.15) is 0 Å². The quantitative estimate of drug-likeness (QED) is 0.671. The Kier molecular flexibility index (Phi) is 5.85. The Balaban J connectivity index is 2.62. The number of benzene rings is 1. The number of carbonyl (C=O) groups is 2. The number of hydrogen-bond donors (Lipinski definition) is 1. The molecule has 0 heterocycles. The van der Waals surface area contributed by atoms with Crippen molar-refractivity contribution < 1.29 is 14.3 Å². The maximum absolute atomic E-state index is 11.6. The fourth-order valence-electron chi connectivity index (χ4n) is 1.28. The number of esters is 1. The summed E-state index contributed by atoms with van der Waals surface area (Å²) in [7, 11) is 0. The van der Waals surface area contributed by atoms with Gasteiger partial charge in [0.1, 0.15) is 0 Å². The van der Waals surface area contributed by atoms with E-state index in [1.54, 1.807) is 38.1 Å². The topological polar surface area (TPSA) is 55.4 Å². The van der Waals surface area contributed by atoms with Crippen molar-refractivity contribution in [2.75, 3.05) is 10.6 Å². The van der Waals surface area contributed by atoms with Crippen molar-refractivity contribution in [2.45, 2.75) is 26.4 Å². The zero-order chi connectivity index (χ0) is 13.5. The van der Waals surface area contributed by atoms with E-state index in [0.29, 0.717) is 23.0 Å². The van der Waals surface area contributed by atoms with Crippen molar-refractivity contribution >= 4 is 33.5 Å². The first-order valence-electron chi connectivity index (χ1n) is 5.69. The first-order chi connectivity index (χ1) is 8.52. The summed E-state index contributed by atoms with van der Waals surface area (Å²) < 4.78 is 5.06. The van der Waals surface area contributed by atoms with Gasteiger partial charge in [0.25, 0.3) is 0 Å². The van der Waals surface area contributed by atoms with Gasteiger partial charge in [-0.3, -0.25) is 4.79 Å². The van der Waals surface area contributed by atoms with Crippen LogP contribution in [0.4, 0.5) is 5.69 Å². The van der Waals surface area contributed by atoms with Crippen LogP contribution in [-0.2, 0) is 9.53 Å². The van der Waals surface area contributed by atoms with Crippen molar-refractivity contribution in [1.82, 2.24) is 0 Å². The molecule has 0 atom stereocenters. The summed E-state index contributed by atoms with van der Waals surface area (Å²) in [5, 5.41) is 3.35. The van der Waals surface area contributed by atoms with E-state index >= 15 is 0 Å². The second-order valence-corrected chi connectivity index (χ2v) is 4.81. The molecule has 4 nitrogen and oxygen atoms in total. The van der Waals surface area contributed by atoms with E-state index in [1.165, 1.54) is 0 Å². The zero-order valence-corrected chi connectivity index (χ0v) is 12.0. The highest BCUT2D eigenvalue weighted by Crippen LogP contribution is 2.11. The molecule has 0 radical (unpaired) electrons. The normalized spacial score (nSPS) is 10.2. The van der Waals surface area contributed by atoms with Gasteiger partial charge in [-0.25, -0.2) is 4.79 Å². The second-order valence-electron chi connectivity index (χ2n) is 4.02. The van der Waals surface area contributed by atoms with Crippen LogP contribution in [0.3, 0.4) is 0 Å². The van der Waals surface area contributed by atoms with Gasteiger partial charge in [-0.05, 0) is 38.1 Å². The van der Waals surface area contributed by atoms with Gasteiger partial charge in [-0.15, -0.1) is 0 Å². The number of rotatable bonds is 5. The van der Waals surface area contributed by atoms with E-state index < -0.39 is 0 Å². The molecule has 0 fully saturated rings. The average Bonchev–Trinajstić information content (AvgIpc) is 2.29. The fourth-order valence-corrected chi connectivity index (χ4v) is 1.64. The minimum atomic E-state index is -0.358. The maximum Gasteiger partial charge on any atom is 0.338 e. The molecule has 0 aliphatic rings. The van der Waals surface area contributed by atoms with Crippen LogP contribution in [0.15, 0.2) is 24.3 Å². The highest BCUT2D eigenvalue weighted by Gasteiger charge is 2.09. The van der Waals surface area contributed by atoms with Crippen LogP contribution in [0.2, 0.25) is 0 Å². The molecule has 0 saturated heterocycles. The Morgan fingerprint density at radius 1 is 1.28 bits per heavy atom. The Bertz CT molecular complexity index is 415. The monoisotopic (exact) mass is 313 g/mol. The average molecular weight is 314 g/mol. The summed E-state index contributed by atoms with van der Waals surface area (Å²) in [4.78, 5) is 22.9. The number of anilines is 1. The third-order valence-electron chi connectivity index (χ3n) is 2.07. The molecule has 1 amide bonds. The molecule has 1 aromatic rings. The van der Waals surface area contributed by atoms with E-state index in [9.17, 15) is 9.59 Å². The minimum absolute atomic E-state index is 0.0654. The number of alkyl halides is 1. The number of amides is 1. The zero-order valence-electron chi connectivity index (χ0n) is 10.4. The lowest BCUT2D eigenvalue weighted by Gasteiger charge is -2.08.